The molecule has 0 aliphatic carbocycles. The number of ether oxygens (including phenoxy) is 1. The maximum Gasteiger partial charge on any atom is 0.313 e. The Morgan fingerprint density at radius 3 is 2.89 bits per heavy atom. The monoisotopic (exact) mass is 388 g/mol. The molecule has 1 aromatic carbocycles. The van der Waals surface area contributed by atoms with Crippen LogP contribution in [-0.2, 0) is 27.3 Å². The van der Waals surface area contributed by atoms with Crippen LogP contribution >= 0.6 is 11.8 Å². The van der Waals surface area contributed by atoms with E-state index in [1.807, 2.05) is 34.9 Å². The van der Waals surface area contributed by atoms with Gasteiger partial charge in [0.25, 0.3) is 0 Å². The van der Waals surface area contributed by atoms with Gasteiger partial charge in [0, 0.05) is 6.54 Å². The summed E-state index contributed by atoms with van der Waals surface area (Å²) in [4.78, 5) is 24.2. The zero-order valence-electron chi connectivity index (χ0n) is 15.4. The van der Waals surface area contributed by atoms with E-state index in [-0.39, 0.29) is 23.5 Å². The van der Waals surface area contributed by atoms with Crippen LogP contribution in [0.15, 0.2) is 35.5 Å². The molecule has 2 heterocycles. The number of carbonyl (C=O) groups excluding carboxylic acids is 2. The Kier molecular flexibility index (Phi) is 6.86. The molecule has 0 saturated carbocycles. The molecular weight excluding hydrogens is 364 g/mol. The topological polar surface area (TPSA) is 86.1 Å². The van der Waals surface area contributed by atoms with E-state index in [9.17, 15) is 9.59 Å². The molecule has 1 saturated heterocycles. The summed E-state index contributed by atoms with van der Waals surface area (Å²) in [7, 11) is 0. The van der Waals surface area contributed by atoms with Gasteiger partial charge in [0.05, 0.1) is 18.4 Å². The van der Waals surface area contributed by atoms with Crippen LogP contribution in [0.1, 0.15) is 37.6 Å². The molecule has 8 heteroatoms. The van der Waals surface area contributed by atoms with E-state index in [0.29, 0.717) is 24.1 Å². The lowest BCUT2D eigenvalue weighted by molar-refractivity contribution is -0.142. The van der Waals surface area contributed by atoms with Crippen molar-refractivity contribution in [2.24, 2.45) is 0 Å². The van der Waals surface area contributed by atoms with Gasteiger partial charge in [-0.2, -0.15) is 0 Å². The third-order valence-electron chi connectivity index (χ3n) is 4.32. The minimum absolute atomic E-state index is 0.0405. The number of nitrogens with zero attached hydrogens (tertiary/aromatic N) is 3. The lowest BCUT2D eigenvalue weighted by Gasteiger charge is -2.14. The number of aromatic nitrogens is 3. The van der Waals surface area contributed by atoms with Crippen LogP contribution in [0, 0.1) is 0 Å². The van der Waals surface area contributed by atoms with E-state index in [1.165, 1.54) is 11.8 Å². The Labute approximate surface area is 162 Å². The molecule has 1 amide bonds. The number of benzene rings is 1. The van der Waals surface area contributed by atoms with Crippen molar-refractivity contribution in [2.45, 2.75) is 49.6 Å². The van der Waals surface area contributed by atoms with Gasteiger partial charge in [0.2, 0.25) is 5.91 Å². The van der Waals surface area contributed by atoms with Gasteiger partial charge in [-0.15, -0.1) is 10.2 Å². The number of esters is 1. The summed E-state index contributed by atoms with van der Waals surface area (Å²) in [5, 5.41) is 11.9. The van der Waals surface area contributed by atoms with Crippen LogP contribution in [-0.4, -0.2) is 45.0 Å². The zero-order chi connectivity index (χ0) is 19.1. The van der Waals surface area contributed by atoms with Gasteiger partial charge >= 0.3 is 5.97 Å². The summed E-state index contributed by atoms with van der Waals surface area (Å²) in [6.07, 6.45) is 2.86. The molecule has 1 N–H and O–H groups in total. The molecule has 7 nitrogen and oxygen atoms in total. The highest BCUT2D eigenvalue weighted by Crippen LogP contribution is 2.28. The van der Waals surface area contributed by atoms with Gasteiger partial charge in [-0.1, -0.05) is 48.5 Å². The molecule has 144 valence electrons. The fraction of sp³-hybridized carbons (Fsp3) is 0.474. The van der Waals surface area contributed by atoms with Crippen molar-refractivity contribution < 1.29 is 14.3 Å². The number of carbonyl (C=O) groups is 2. The van der Waals surface area contributed by atoms with Crippen molar-refractivity contribution >= 4 is 23.6 Å². The van der Waals surface area contributed by atoms with Crippen molar-refractivity contribution in [1.29, 1.82) is 0 Å². The van der Waals surface area contributed by atoms with E-state index >= 15 is 0 Å². The summed E-state index contributed by atoms with van der Waals surface area (Å²) in [6.45, 7) is 3.37. The second-order valence-corrected chi connectivity index (χ2v) is 7.52. The van der Waals surface area contributed by atoms with Crippen LogP contribution in [0.4, 0.5) is 0 Å². The van der Waals surface area contributed by atoms with Crippen LogP contribution in [0.5, 0.6) is 0 Å². The molecule has 1 aliphatic heterocycles. The first-order valence-electron chi connectivity index (χ1n) is 9.23. The Morgan fingerprint density at radius 1 is 1.30 bits per heavy atom. The Hall–Kier alpha value is -2.35. The first kappa shape index (κ1) is 19.4. The van der Waals surface area contributed by atoms with Crippen molar-refractivity contribution in [3.8, 4) is 0 Å². The first-order valence-corrected chi connectivity index (χ1v) is 10.1. The fourth-order valence-electron chi connectivity index (χ4n) is 2.95. The third kappa shape index (κ3) is 5.32. The van der Waals surface area contributed by atoms with Crippen molar-refractivity contribution in [1.82, 2.24) is 20.1 Å². The van der Waals surface area contributed by atoms with Gasteiger partial charge < -0.3 is 14.6 Å². The van der Waals surface area contributed by atoms with Crippen LogP contribution in [0.3, 0.4) is 0 Å². The number of rotatable bonds is 7. The normalized spacial score (nSPS) is 17.2. The largest absolute Gasteiger partial charge is 0.466 e. The van der Waals surface area contributed by atoms with E-state index in [4.69, 9.17) is 4.74 Å². The molecule has 1 aromatic heterocycles. The van der Waals surface area contributed by atoms with E-state index in [1.54, 1.807) is 6.92 Å². The van der Waals surface area contributed by atoms with Gasteiger partial charge in [-0.3, -0.25) is 9.59 Å². The third-order valence-corrected chi connectivity index (χ3v) is 5.56. The molecule has 0 radical (unpaired) electrons. The molecule has 1 fully saturated rings. The Morgan fingerprint density at radius 2 is 2.11 bits per heavy atom. The number of amides is 1. The quantitative estimate of drug-likeness (QED) is 0.732. The van der Waals surface area contributed by atoms with Gasteiger partial charge in [-0.05, 0) is 25.3 Å². The summed E-state index contributed by atoms with van der Waals surface area (Å²) in [5.41, 5.74) is 1.08. The minimum atomic E-state index is -0.331. The molecule has 2 aromatic rings. The lowest BCUT2D eigenvalue weighted by Crippen LogP contribution is -2.31. The molecule has 0 bridgehead atoms. The highest BCUT2D eigenvalue weighted by molar-refractivity contribution is 8.00. The van der Waals surface area contributed by atoms with Gasteiger partial charge in [-0.25, -0.2) is 0 Å². The van der Waals surface area contributed by atoms with Crippen molar-refractivity contribution in [3.63, 3.8) is 0 Å². The van der Waals surface area contributed by atoms with Crippen molar-refractivity contribution in [2.75, 3.05) is 13.2 Å². The highest BCUT2D eigenvalue weighted by Gasteiger charge is 2.25. The first-order chi connectivity index (χ1) is 13.2. The smallest absolute Gasteiger partial charge is 0.313 e. The van der Waals surface area contributed by atoms with E-state index in [2.05, 4.69) is 15.5 Å². The summed E-state index contributed by atoms with van der Waals surface area (Å²) >= 11 is 1.42. The predicted octanol–water partition coefficient (Wildman–Crippen LogP) is 2.19. The van der Waals surface area contributed by atoms with Crippen LogP contribution in [0.2, 0.25) is 0 Å². The van der Waals surface area contributed by atoms with E-state index in [0.717, 1.165) is 31.4 Å². The number of thioether (sulfide) groups is 1. The molecule has 1 aliphatic rings. The Bertz CT molecular complexity index is 779. The number of nitrogens with one attached hydrogen (secondary N) is 1. The van der Waals surface area contributed by atoms with Crippen LogP contribution < -0.4 is 5.32 Å². The average molecular weight is 388 g/mol. The highest BCUT2D eigenvalue weighted by atomic mass is 32.2. The van der Waals surface area contributed by atoms with Gasteiger partial charge in [0.1, 0.15) is 12.2 Å². The molecule has 3 rings (SSSR count). The molecule has 0 spiro atoms. The molecule has 0 unspecified atom stereocenters. The second kappa shape index (κ2) is 9.55. The SMILES string of the molecule is CCOC(=O)Cc1nnc(S[C@H]2CCCCNC2=O)n1Cc1ccccc1. The molecule has 1 atom stereocenters. The molecule has 27 heavy (non-hydrogen) atoms. The maximum absolute atomic E-state index is 12.3. The average Bonchev–Trinajstić information content (AvgIpc) is 2.89. The number of hydrogen-bond donors (Lipinski definition) is 1. The lowest BCUT2D eigenvalue weighted by atomic mass is 10.2. The fourth-order valence-corrected chi connectivity index (χ4v) is 4.07. The summed E-state index contributed by atoms with van der Waals surface area (Å²) in [5.74, 6) is 0.260. The summed E-state index contributed by atoms with van der Waals surface area (Å²) in [6, 6.07) is 9.93. The van der Waals surface area contributed by atoms with Crippen molar-refractivity contribution in [3.05, 3.63) is 41.7 Å². The Balaban J connectivity index is 1.84. The minimum Gasteiger partial charge on any atom is -0.466 e. The van der Waals surface area contributed by atoms with Crippen LogP contribution in [0.25, 0.3) is 0 Å². The number of hydrogen-bond acceptors (Lipinski definition) is 6. The molecular formula is C19H24N4O3S. The van der Waals surface area contributed by atoms with Gasteiger partial charge in [0.15, 0.2) is 5.16 Å². The standard InChI is InChI=1S/C19H24N4O3S/c1-2-26-17(24)12-16-21-22-19(23(16)13-14-8-4-3-5-9-14)27-15-10-6-7-11-20-18(15)25/h3-5,8-9,15H,2,6-7,10-13H2,1H3,(H,20,25)/t15-/m0/s1. The second-order valence-electron chi connectivity index (χ2n) is 6.35. The summed E-state index contributed by atoms with van der Waals surface area (Å²) < 4.78 is 6.96. The van der Waals surface area contributed by atoms with E-state index < -0.39 is 0 Å². The maximum atomic E-state index is 12.3. The predicted molar refractivity (Wildman–Crippen MR) is 102 cm³/mol. The zero-order valence-corrected chi connectivity index (χ0v) is 16.2.